The monoisotopic (exact) mass is 366 g/mol. The lowest BCUT2D eigenvalue weighted by Gasteiger charge is -2.40. The van der Waals surface area contributed by atoms with Crippen LogP contribution in [0.15, 0.2) is 0 Å². The van der Waals surface area contributed by atoms with Gasteiger partial charge in [-0.05, 0) is 4.53 Å². The van der Waals surface area contributed by atoms with Gasteiger partial charge < -0.3 is 4.55 Å². The molecule has 0 fully saturated rings. The summed E-state index contributed by atoms with van der Waals surface area (Å²) in [6.07, 6.45) is -19.2. The maximum absolute atomic E-state index is 13.4. The normalized spacial score (nSPS) is 21.6. The van der Waals surface area contributed by atoms with Gasteiger partial charge in [0.1, 0.15) is 0 Å². The summed E-state index contributed by atoms with van der Waals surface area (Å²) in [7, 11) is 0. The van der Waals surface area contributed by atoms with Crippen LogP contribution in [-0.4, -0.2) is 39.9 Å². The van der Waals surface area contributed by atoms with Gasteiger partial charge in [-0.3, -0.25) is 0 Å². The van der Waals surface area contributed by atoms with Gasteiger partial charge in [-0.1, -0.05) is 0 Å². The van der Waals surface area contributed by atoms with Gasteiger partial charge in [-0.15, -0.1) is 4.94 Å². The van der Waals surface area contributed by atoms with Crippen molar-refractivity contribution in [2.24, 2.45) is 0 Å². The van der Waals surface area contributed by atoms with Gasteiger partial charge in [0, 0.05) is 12.0 Å². The van der Waals surface area contributed by atoms with Gasteiger partial charge in [0.05, 0.1) is 0 Å². The minimum Gasteiger partial charge on any atom is -0.327 e. The summed E-state index contributed by atoms with van der Waals surface area (Å²) < 4.78 is 156. The van der Waals surface area contributed by atoms with Crippen molar-refractivity contribution in [3.8, 4) is 0 Å². The van der Waals surface area contributed by atoms with E-state index >= 15 is 0 Å². The van der Waals surface area contributed by atoms with Crippen molar-refractivity contribution in [3.63, 3.8) is 0 Å². The molecule has 3 unspecified atom stereocenters. The van der Waals surface area contributed by atoms with E-state index in [9.17, 15) is 52.8 Å². The first-order valence-corrected chi connectivity index (χ1v) is 4.95. The highest BCUT2D eigenvalue weighted by Gasteiger charge is 2.86. The minimum atomic E-state index is -7.28. The highest BCUT2D eigenvalue weighted by atomic mass is 32.2. The number of hydrogen-bond acceptors (Lipinski definition) is 3. The standard InChI is InChI=1S/C6H2F12O2S/c7-1(3(9,10)11)2(8,21-19)5(14,20-18)4(12,13)6(15,16)17/h1,19H. The van der Waals surface area contributed by atoms with Crippen LogP contribution in [0.5, 0.6) is 0 Å². The average molecular weight is 366 g/mol. The lowest BCUT2D eigenvalue weighted by molar-refractivity contribution is -0.454. The van der Waals surface area contributed by atoms with Gasteiger partial charge in [-0.2, -0.15) is 39.5 Å². The van der Waals surface area contributed by atoms with Crippen LogP contribution in [0.2, 0.25) is 0 Å². The zero-order valence-electron chi connectivity index (χ0n) is 8.88. The SMILES string of the molecule is OSC(F)(C(F)C(F)(F)F)C(F)(OF)C(F)(F)C(F)(F)F. The average Bonchev–Trinajstić information content (AvgIpc) is 2.32. The lowest BCUT2D eigenvalue weighted by Crippen LogP contribution is -2.68. The molecule has 0 aromatic rings. The fourth-order valence-electron chi connectivity index (χ4n) is 0.976. The largest absolute Gasteiger partial charge is 0.459 e. The smallest absolute Gasteiger partial charge is 0.327 e. The molecule has 15 heteroatoms. The number of alkyl halides is 11. The van der Waals surface area contributed by atoms with Gasteiger partial charge in [-0.25, -0.2) is 8.78 Å². The van der Waals surface area contributed by atoms with E-state index in [-0.39, 0.29) is 0 Å². The van der Waals surface area contributed by atoms with E-state index in [1.54, 1.807) is 0 Å². The zero-order chi connectivity index (χ0) is 17.5. The summed E-state index contributed by atoms with van der Waals surface area (Å²) >= 11 is -2.40. The predicted octanol–water partition coefficient (Wildman–Crippen LogP) is 4.52. The van der Waals surface area contributed by atoms with E-state index in [1.807, 2.05) is 0 Å². The molecule has 0 spiro atoms. The van der Waals surface area contributed by atoms with E-state index in [1.165, 1.54) is 4.94 Å². The summed E-state index contributed by atoms with van der Waals surface area (Å²) in [6.45, 7) is 0. The van der Waals surface area contributed by atoms with Crippen molar-refractivity contribution in [2.45, 2.75) is 35.3 Å². The molecule has 0 bridgehead atoms. The molecule has 0 aliphatic carbocycles. The highest BCUT2D eigenvalue weighted by molar-refractivity contribution is 7.95. The van der Waals surface area contributed by atoms with E-state index < -0.39 is 47.3 Å². The number of halogens is 12. The Hall–Kier alpha value is -0.570. The van der Waals surface area contributed by atoms with Gasteiger partial charge >= 0.3 is 24.1 Å². The van der Waals surface area contributed by atoms with Crippen LogP contribution in [0.3, 0.4) is 0 Å². The van der Waals surface area contributed by atoms with Crippen LogP contribution in [0, 0.1) is 0 Å². The quantitative estimate of drug-likeness (QED) is 0.573. The van der Waals surface area contributed by atoms with Gasteiger partial charge in [0.15, 0.2) is 0 Å². The fourth-order valence-corrected chi connectivity index (χ4v) is 1.48. The molecule has 0 aliphatic heterocycles. The Morgan fingerprint density at radius 2 is 1.24 bits per heavy atom. The predicted molar refractivity (Wildman–Crippen MR) is 42.0 cm³/mol. The van der Waals surface area contributed by atoms with Crippen LogP contribution in [0.1, 0.15) is 0 Å². The van der Waals surface area contributed by atoms with Crippen molar-refractivity contribution in [3.05, 3.63) is 0 Å². The Morgan fingerprint density at radius 1 is 0.857 bits per heavy atom. The molecule has 0 heterocycles. The second-order valence-electron chi connectivity index (χ2n) is 3.39. The van der Waals surface area contributed by atoms with Crippen molar-refractivity contribution in [2.75, 3.05) is 0 Å². The fraction of sp³-hybridized carbons (Fsp3) is 1.00. The molecule has 0 saturated carbocycles. The summed E-state index contributed by atoms with van der Waals surface area (Å²) in [5.41, 5.74) is 0. The van der Waals surface area contributed by atoms with Crippen LogP contribution >= 0.6 is 12.0 Å². The summed E-state index contributed by atoms with van der Waals surface area (Å²) in [5.74, 6) is -14.2. The third-order valence-corrected chi connectivity index (χ3v) is 2.79. The second kappa shape index (κ2) is 5.57. The van der Waals surface area contributed by atoms with Crippen molar-refractivity contribution in [1.29, 1.82) is 0 Å². The number of rotatable bonds is 5. The molecule has 21 heavy (non-hydrogen) atoms. The Labute approximate surface area is 111 Å². The first-order chi connectivity index (χ1) is 9.03. The molecule has 2 nitrogen and oxygen atoms in total. The maximum atomic E-state index is 13.4. The van der Waals surface area contributed by atoms with Gasteiger partial charge in [0.2, 0.25) is 6.17 Å². The molecule has 1 N–H and O–H groups in total. The molecule has 128 valence electrons. The molecular weight excluding hydrogens is 364 g/mol. The first kappa shape index (κ1) is 20.4. The van der Waals surface area contributed by atoms with E-state index in [4.69, 9.17) is 4.55 Å². The maximum Gasteiger partial charge on any atom is 0.459 e. The summed E-state index contributed by atoms with van der Waals surface area (Å²) in [6, 6.07) is 0. The first-order valence-electron chi connectivity index (χ1n) is 4.18. The van der Waals surface area contributed by atoms with Gasteiger partial charge in [0.25, 0.3) is 5.00 Å². The molecule has 0 aliphatic rings. The van der Waals surface area contributed by atoms with Crippen LogP contribution in [-0.2, 0) is 4.94 Å². The Balaban J connectivity index is 6.22. The topological polar surface area (TPSA) is 29.5 Å². The van der Waals surface area contributed by atoms with Crippen LogP contribution < -0.4 is 0 Å². The molecule has 0 aromatic heterocycles. The molecule has 3 atom stereocenters. The molecule has 0 saturated heterocycles. The van der Waals surface area contributed by atoms with Crippen molar-refractivity contribution in [1.82, 2.24) is 0 Å². The number of hydrogen-bond donors (Lipinski definition) is 1. The lowest BCUT2D eigenvalue weighted by atomic mass is 9.99. The van der Waals surface area contributed by atoms with E-state index in [0.29, 0.717) is 0 Å². The molecule has 0 amide bonds. The molecule has 0 rings (SSSR count). The zero-order valence-corrected chi connectivity index (χ0v) is 9.69. The van der Waals surface area contributed by atoms with Crippen LogP contribution in [0.25, 0.3) is 0 Å². The molecule has 0 radical (unpaired) electrons. The van der Waals surface area contributed by atoms with Crippen LogP contribution in [0.4, 0.5) is 52.8 Å². The molecule has 0 aromatic carbocycles. The third-order valence-electron chi connectivity index (χ3n) is 2.05. The Morgan fingerprint density at radius 3 is 1.43 bits per heavy atom. The third kappa shape index (κ3) is 2.99. The minimum absolute atomic E-state index is 1.37. The summed E-state index contributed by atoms with van der Waals surface area (Å²) in [4.78, 5) is 1.37. The van der Waals surface area contributed by atoms with Crippen molar-refractivity contribution < 1.29 is 62.3 Å². The van der Waals surface area contributed by atoms with Crippen molar-refractivity contribution >= 4 is 12.0 Å². The van der Waals surface area contributed by atoms with E-state index in [0.717, 1.165) is 0 Å². The summed E-state index contributed by atoms with van der Waals surface area (Å²) in [5, 5.41) is -6.22. The molecular formula is C6H2F12O2S. The highest BCUT2D eigenvalue weighted by Crippen LogP contribution is 2.58. The second-order valence-corrected chi connectivity index (χ2v) is 4.16. The Kier molecular flexibility index (Phi) is 5.42. The van der Waals surface area contributed by atoms with E-state index in [2.05, 4.69) is 0 Å². The Bertz CT molecular complexity index is 368.